The summed E-state index contributed by atoms with van der Waals surface area (Å²) in [7, 11) is 2.89. The molecular formula is C13H12BrFN2O2. The van der Waals surface area contributed by atoms with Crippen molar-refractivity contribution in [3.63, 3.8) is 0 Å². The van der Waals surface area contributed by atoms with Gasteiger partial charge in [0.2, 0.25) is 0 Å². The summed E-state index contributed by atoms with van der Waals surface area (Å²) in [6, 6.07) is 1.65. The normalized spacial score (nSPS) is 10.6. The molecule has 0 saturated carbocycles. The van der Waals surface area contributed by atoms with Crippen LogP contribution in [-0.4, -0.2) is 25.1 Å². The van der Waals surface area contributed by atoms with Gasteiger partial charge in [0.05, 0.1) is 28.2 Å². The third-order valence-corrected chi connectivity index (χ3v) is 3.46. The molecule has 1 heterocycles. The lowest BCUT2D eigenvalue weighted by atomic mass is 10.1. The van der Waals surface area contributed by atoms with Gasteiger partial charge in [0.1, 0.15) is 11.4 Å². The van der Waals surface area contributed by atoms with Crippen molar-refractivity contribution in [1.29, 1.82) is 0 Å². The van der Waals surface area contributed by atoms with E-state index >= 15 is 0 Å². The number of benzene rings is 1. The smallest absolute Gasteiger partial charge is 0.341 e. The average Bonchev–Trinajstić information content (AvgIpc) is 2.42. The molecule has 2 aromatic rings. The number of pyridine rings is 1. The topological polar surface area (TPSA) is 51.2 Å². The highest BCUT2D eigenvalue weighted by Crippen LogP contribution is 2.34. The van der Waals surface area contributed by atoms with E-state index in [1.54, 1.807) is 13.1 Å². The van der Waals surface area contributed by atoms with Crippen molar-refractivity contribution in [2.45, 2.75) is 6.92 Å². The van der Waals surface area contributed by atoms with Gasteiger partial charge in [0, 0.05) is 13.2 Å². The van der Waals surface area contributed by atoms with Crippen LogP contribution in [0.25, 0.3) is 10.9 Å². The van der Waals surface area contributed by atoms with Crippen LogP contribution in [0, 0.1) is 12.7 Å². The lowest BCUT2D eigenvalue weighted by molar-refractivity contribution is 0.0601. The molecule has 0 unspecified atom stereocenters. The van der Waals surface area contributed by atoms with Crippen molar-refractivity contribution in [3.8, 4) is 0 Å². The number of aryl methyl sites for hydroxylation is 1. The minimum Gasteiger partial charge on any atom is -0.465 e. The lowest BCUT2D eigenvalue weighted by Gasteiger charge is -2.13. The predicted molar refractivity (Wildman–Crippen MR) is 75.0 cm³/mol. The number of anilines is 1. The first-order valence-electron chi connectivity index (χ1n) is 5.54. The van der Waals surface area contributed by atoms with Crippen LogP contribution in [-0.2, 0) is 4.74 Å². The molecule has 2 rings (SSSR count). The van der Waals surface area contributed by atoms with Crippen molar-refractivity contribution in [2.75, 3.05) is 19.5 Å². The molecule has 1 aromatic heterocycles. The molecule has 0 amide bonds. The van der Waals surface area contributed by atoms with Crippen LogP contribution in [0.15, 0.2) is 16.7 Å². The summed E-state index contributed by atoms with van der Waals surface area (Å²) in [6.07, 6.45) is 1.39. The second kappa shape index (κ2) is 5.13. The zero-order valence-electron chi connectivity index (χ0n) is 10.7. The van der Waals surface area contributed by atoms with E-state index in [0.29, 0.717) is 15.7 Å². The molecule has 19 heavy (non-hydrogen) atoms. The molecule has 0 spiro atoms. The quantitative estimate of drug-likeness (QED) is 0.860. The molecule has 0 aliphatic heterocycles. The van der Waals surface area contributed by atoms with E-state index in [1.165, 1.54) is 13.3 Å². The van der Waals surface area contributed by atoms with Gasteiger partial charge >= 0.3 is 5.97 Å². The van der Waals surface area contributed by atoms with Gasteiger partial charge in [0.25, 0.3) is 0 Å². The van der Waals surface area contributed by atoms with Crippen LogP contribution < -0.4 is 5.32 Å². The van der Waals surface area contributed by atoms with Crippen LogP contribution in [0.4, 0.5) is 10.1 Å². The Balaban J connectivity index is 2.93. The Hall–Kier alpha value is -1.69. The Bertz CT molecular complexity index is 673. The van der Waals surface area contributed by atoms with Crippen LogP contribution in [0.3, 0.4) is 0 Å². The van der Waals surface area contributed by atoms with Crippen LogP contribution >= 0.6 is 15.9 Å². The Morgan fingerprint density at radius 3 is 2.79 bits per heavy atom. The molecule has 0 bridgehead atoms. The molecule has 0 aliphatic rings. The first-order valence-corrected chi connectivity index (χ1v) is 6.34. The van der Waals surface area contributed by atoms with Gasteiger partial charge in [-0.3, -0.25) is 4.98 Å². The van der Waals surface area contributed by atoms with E-state index in [2.05, 4.69) is 31.0 Å². The molecule has 4 nitrogen and oxygen atoms in total. The van der Waals surface area contributed by atoms with Gasteiger partial charge in [-0.25, -0.2) is 9.18 Å². The number of halogens is 2. The molecule has 0 atom stereocenters. The van der Waals surface area contributed by atoms with Crippen molar-refractivity contribution < 1.29 is 13.9 Å². The maximum Gasteiger partial charge on any atom is 0.341 e. The van der Waals surface area contributed by atoms with E-state index in [0.717, 1.165) is 5.56 Å². The standard InChI is InChI=1S/C13H12BrFN2O2/c1-6-4-8(14)10(15)9-11(6)17-5-7(12(9)16-2)13(18)19-3/h4-5H,1-3H3,(H,16,17). The number of esters is 1. The van der Waals surface area contributed by atoms with E-state index in [1.807, 2.05) is 6.92 Å². The van der Waals surface area contributed by atoms with Gasteiger partial charge in [-0.1, -0.05) is 0 Å². The summed E-state index contributed by atoms with van der Waals surface area (Å²) in [6.45, 7) is 1.83. The summed E-state index contributed by atoms with van der Waals surface area (Å²) in [5.74, 6) is -1.01. The highest BCUT2D eigenvalue weighted by Gasteiger charge is 2.20. The Morgan fingerprint density at radius 1 is 1.53 bits per heavy atom. The summed E-state index contributed by atoms with van der Waals surface area (Å²) in [5.41, 5.74) is 1.90. The number of ether oxygens (including phenoxy) is 1. The first kappa shape index (κ1) is 13.7. The Kier molecular flexibility index (Phi) is 3.71. The monoisotopic (exact) mass is 326 g/mol. The maximum absolute atomic E-state index is 14.3. The number of nitrogens with one attached hydrogen (secondary N) is 1. The summed E-state index contributed by atoms with van der Waals surface area (Å²) in [5, 5.41) is 3.12. The zero-order chi connectivity index (χ0) is 14.2. The number of methoxy groups -OCH3 is 1. The van der Waals surface area contributed by atoms with Gasteiger partial charge in [-0.2, -0.15) is 0 Å². The number of hydrogen-bond acceptors (Lipinski definition) is 4. The number of hydrogen-bond donors (Lipinski definition) is 1. The van der Waals surface area contributed by atoms with Gasteiger partial charge < -0.3 is 10.1 Å². The molecule has 0 radical (unpaired) electrons. The van der Waals surface area contributed by atoms with Gasteiger partial charge in [0.15, 0.2) is 0 Å². The van der Waals surface area contributed by atoms with E-state index in [9.17, 15) is 9.18 Å². The number of aromatic nitrogens is 1. The number of carbonyl (C=O) groups excluding carboxylic acids is 1. The SMILES string of the molecule is CNc1c(C(=O)OC)cnc2c(C)cc(Br)c(F)c12. The second-order valence-electron chi connectivity index (χ2n) is 4.00. The number of carbonyl (C=O) groups is 1. The van der Waals surface area contributed by atoms with Crippen LogP contribution in [0.2, 0.25) is 0 Å². The fourth-order valence-corrected chi connectivity index (χ4v) is 2.53. The molecule has 0 fully saturated rings. The van der Waals surface area contributed by atoms with Crippen molar-refractivity contribution in [3.05, 3.63) is 33.7 Å². The third-order valence-electron chi connectivity index (χ3n) is 2.88. The second-order valence-corrected chi connectivity index (χ2v) is 4.86. The van der Waals surface area contributed by atoms with Crippen molar-refractivity contribution in [2.24, 2.45) is 0 Å². The summed E-state index contributed by atoms with van der Waals surface area (Å²) >= 11 is 3.16. The molecule has 1 aromatic carbocycles. The van der Waals surface area contributed by atoms with Crippen molar-refractivity contribution in [1.82, 2.24) is 4.98 Å². The Morgan fingerprint density at radius 2 is 2.21 bits per heavy atom. The van der Waals surface area contributed by atoms with Crippen molar-refractivity contribution >= 4 is 38.5 Å². The largest absolute Gasteiger partial charge is 0.465 e. The van der Waals surface area contributed by atoms with Crippen LogP contribution in [0.1, 0.15) is 15.9 Å². The fraction of sp³-hybridized carbons (Fsp3) is 0.231. The summed E-state index contributed by atoms with van der Waals surface area (Å²) < 4.78 is 19.3. The molecular weight excluding hydrogens is 315 g/mol. The minimum atomic E-state index is -0.559. The molecule has 0 aliphatic carbocycles. The zero-order valence-corrected chi connectivity index (χ0v) is 12.3. The summed E-state index contributed by atoms with van der Waals surface area (Å²) in [4.78, 5) is 15.8. The van der Waals surface area contributed by atoms with Gasteiger partial charge in [-0.15, -0.1) is 0 Å². The van der Waals surface area contributed by atoms with Crippen LogP contribution in [0.5, 0.6) is 0 Å². The minimum absolute atomic E-state index is 0.203. The molecule has 1 N–H and O–H groups in total. The lowest BCUT2D eigenvalue weighted by Crippen LogP contribution is -2.08. The van der Waals surface area contributed by atoms with E-state index in [4.69, 9.17) is 0 Å². The maximum atomic E-state index is 14.3. The highest BCUT2D eigenvalue weighted by molar-refractivity contribution is 9.10. The van der Waals surface area contributed by atoms with E-state index in [-0.39, 0.29) is 10.9 Å². The highest BCUT2D eigenvalue weighted by atomic mass is 79.9. The first-order chi connectivity index (χ1) is 9.01. The van der Waals surface area contributed by atoms with Gasteiger partial charge in [-0.05, 0) is 34.5 Å². The van der Waals surface area contributed by atoms with E-state index < -0.39 is 11.8 Å². The Labute approximate surface area is 118 Å². The average molecular weight is 327 g/mol. The predicted octanol–water partition coefficient (Wildman–Crippen LogP) is 3.27. The number of fused-ring (bicyclic) bond motifs is 1. The third kappa shape index (κ3) is 2.16. The molecule has 0 saturated heterocycles. The number of rotatable bonds is 2. The molecule has 6 heteroatoms. The number of nitrogens with zero attached hydrogens (tertiary/aromatic N) is 1. The fourth-order valence-electron chi connectivity index (χ4n) is 1.99. The molecule has 100 valence electrons.